The molecule has 0 atom stereocenters. The molecule has 4 nitrogen and oxygen atoms in total. The Balaban J connectivity index is 2.58. The second-order valence-electron chi connectivity index (χ2n) is 4.39. The number of aryl methyl sites for hydroxylation is 2. The zero-order chi connectivity index (χ0) is 15.6. The first-order valence-corrected chi connectivity index (χ1v) is 7.63. The third kappa shape index (κ3) is 3.26. The van der Waals surface area contributed by atoms with Crippen molar-refractivity contribution in [3.63, 3.8) is 0 Å². The molecule has 0 aliphatic carbocycles. The molecule has 0 saturated heterocycles. The van der Waals surface area contributed by atoms with Gasteiger partial charge in [-0.1, -0.05) is 17.8 Å². The lowest BCUT2D eigenvalue weighted by atomic mass is 10.1. The minimum atomic E-state index is -1.02. The number of hydrogen-bond donors (Lipinski definition) is 1. The van der Waals surface area contributed by atoms with E-state index in [0.717, 1.165) is 5.69 Å². The van der Waals surface area contributed by atoms with Gasteiger partial charge in [0.25, 0.3) is 0 Å². The fourth-order valence-electron chi connectivity index (χ4n) is 1.94. The van der Waals surface area contributed by atoms with Gasteiger partial charge in [-0.25, -0.2) is 9.78 Å². The van der Waals surface area contributed by atoms with Gasteiger partial charge in [0.2, 0.25) is 0 Å². The van der Waals surface area contributed by atoms with E-state index in [1.807, 2.05) is 6.92 Å². The predicted octanol–water partition coefficient (Wildman–Crippen LogP) is 4.18. The maximum Gasteiger partial charge on any atom is 0.338 e. The lowest BCUT2D eigenvalue weighted by Crippen LogP contribution is -2.05. The summed E-state index contributed by atoms with van der Waals surface area (Å²) in [7, 11) is 0. The standard InChI is InChI=1S/C15H11BrN2O2S/c1-8-6-9(2)18-14(13(8)15(19)20)21-12-5-3-4-11(16)10(12)7-17/h3-6H,1-2H3,(H,19,20). The van der Waals surface area contributed by atoms with Crippen LogP contribution >= 0.6 is 27.7 Å². The van der Waals surface area contributed by atoms with Gasteiger partial charge >= 0.3 is 5.97 Å². The van der Waals surface area contributed by atoms with Crippen molar-refractivity contribution >= 4 is 33.7 Å². The summed E-state index contributed by atoms with van der Waals surface area (Å²) in [5.74, 6) is -1.02. The number of carboxylic acids is 1. The number of carbonyl (C=O) groups is 1. The summed E-state index contributed by atoms with van der Waals surface area (Å²) in [6.45, 7) is 3.56. The SMILES string of the molecule is Cc1cc(C)c(C(=O)O)c(Sc2cccc(Br)c2C#N)n1. The molecule has 2 aromatic rings. The van der Waals surface area contributed by atoms with E-state index in [4.69, 9.17) is 0 Å². The maximum atomic E-state index is 11.4. The summed E-state index contributed by atoms with van der Waals surface area (Å²) < 4.78 is 0.677. The van der Waals surface area contributed by atoms with Gasteiger partial charge in [0.1, 0.15) is 11.1 Å². The molecule has 0 spiro atoms. The first-order valence-electron chi connectivity index (χ1n) is 6.02. The van der Waals surface area contributed by atoms with Crippen molar-refractivity contribution in [2.24, 2.45) is 0 Å². The fraction of sp³-hybridized carbons (Fsp3) is 0.133. The molecule has 1 heterocycles. The lowest BCUT2D eigenvalue weighted by molar-refractivity contribution is 0.0691. The van der Waals surface area contributed by atoms with Crippen LogP contribution in [0.5, 0.6) is 0 Å². The molecule has 0 amide bonds. The minimum Gasteiger partial charge on any atom is -0.478 e. The summed E-state index contributed by atoms with van der Waals surface area (Å²) in [5.41, 5.74) is 2.05. The Bertz CT molecular complexity index is 769. The zero-order valence-corrected chi connectivity index (χ0v) is 13.7. The molecule has 2 rings (SSSR count). The number of carboxylic acid groups (broad SMARTS) is 1. The molecule has 0 fully saturated rings. The van der Waals surface area contributed by atoms with Gasteiger partial charge in [0.15, 0.2) is 0 Å². The van der Waals surface area contributed by atoms with Gasteiger partial charge in [-0.15, -0.1) is 0 Å². The molecule has 0 bridgehead atoms. The Hall–Kier alpha value is -1.84. The van der Waals surface area contributed by atoms with E-state index in [1.54, 1.807) is 31.2 Å². The molecule has 0 radical (unpaired) electrons. The average molecular weight is 363 g/mol. The third-order valence-electron chi connectivity index (χ3n) is 2.82. The molecule has 0 unspecified atom stereocenters. The highest BCUT2D eigenvalue weighted by Gasteiger charge is 2.18. The quantitative estimate of drug-likeness (QED) is 0.886. The van der Waals surface area contributed by atoms with Crippen molar-refractivity contribution in [1.82, 2.24) is 4.98 Å². The zero-order valence-electron chi connectivity index (χ0n) is 11.3. The van der Waals surface area contributed by atoms with Crippen molar-refractivity contribution < 1.29 is 9.90 Å². The molecule has 21 heavy (non-hydrogen) atoms. The van der Waals surface area contributed by atoms with E-state index in [0.29, 0.717) is 25.5 Å². The first-order chi connectivity index (χ1) is 9.93. The van der Waals surface area contributed by atoms with Crippen LogP contribution in [0.15, 0.2) is 38.7 Å². The van der Waals surface area contributed by atoms with Gasteiger partial charge < -0.3 is 5.11 Å². The second-order valence-corrected chi connectivity index (χ2v) is 6.28. The van der Waals surface area contributed by atoms with Crippen LogP contribution in [-0.4, -0.2) is 16.1 Å². The number of benzene rings is 1. The van der Waals surface area contributed by atoms with Crippen LogP contribution in [-0.2, 0) is 0 Å². The van der Waals surface area contributed by atoms with Crippen LogP contribution in [0.25, 0.3) is 0 Å². The Morgan fingerprint density at radius 1 is 1.43 bits per heavy atom. The predicted molar refractivity (Wildman–Crippen MR) is 83.7 cm³/mol. The summed E-state index contributed by atoms with van der Waals surface area (Å²) in [4.78, 5) is 16.4. The number of halogens is 1. The number of aromatic carboxylic acids is 1. The summed E-state index contributed by atoms with van der Waals surface area (Å²) >= 11 is 4.52. The normalized spacial score (nSPS) is 10.2. The van der Waals surface area contributed by atoms with E-state index in [2.05, 4.69) is 27.0 Å². The third-order valence-corrected chi connectivity index (χ3v) is 4.53. The molecule has 1 aromatic heterocycles. The van der Waals surface area contributed by atoms with Crippen LogP contribution in [0.1, 0.15) is 27.2 Å². The monoisotopic (exact) mass is 362 g/mol. The van der Waals surface area contributed by atoms with Crippen LogP contribution < -0.4 is 0 Å². The molecule has 106 valence electrons. The number of nitriles is 1. The van der Waals surface area contributed by atoms with Gasteiger partial charge in [0.05, 0.1) is 11.1 Å². The van der Waals surface area contributed by atoms with Crippen molar-refractivity contribution in [3.05, 3.63) is 51.1 Å². The Labute approximate surface area is 135 Å². The largest absolute Gasteiger partial charge is 0.478 e. The van der Waals surface area contributed by atoms with E-state index in [9.17, 15) is 15.2 Å². The molecule has 0 aliphatic rings. The molecule has 6 heteroatoms. The Morgan fingerprint density at radius 3 is 2.76 bits per heavy atom. The van der Waals surface area contributed by atoms with Crippen molar-refractivity contribution in [2.45, 2.75) is 23.8 Å². The minimum absolute atomic E-state index is 0.175. The summed E-state index contributed by atoms with van der Waals surface area (Å²) in [6, 6.07) is 9.21. The van der Waals surface area contributed by atoms with Gasteiger partial charge in [-0.3, -0.25) is 0 Å². The van der Waals surface area contributed by atoms with Crippen LogP contribution in [0, 0.1) is 25.2 Å². The summed E-state index contributed by atoms with van der Waals surface area (Å²) in [5, 5.41) is 19.0. The number of rotatable bonds is 3. The smallest absolute Gasteiger partial charge is 0.338 e. The Kier molecular flexibility index (Phi) is 4.66. The molecular weight excluding hydrogens is 352 g/mol. The first kappa shape index (κ1) is 15.5. The maximum absolute atomic E-state index is 11.4. The number of nitrogens with zero attached hydrogens (tertiary/aromatic N) is 2. The molecular formula is C15H11BrN2O2S. The van der Waals surface area contributed by atoms with Crippen molar-refractivity contribution in [2.75, 3.05) is 0 Å². The Morgan fingerprint density at radius 2 is 2.14 bits per heavy atom. The van der Waals surface area contributed by atoms with Crippen LogP contribution in [0.3, 0.4) is 0 Å². The average Bonchev–Trinajstić information content (AvgIpc) is 2.37. The van der Waals surface area contributed by atoms with E-state index >= 15 is 0 Å². The van der Waals surface area contributed by atoms with Crippen molar-refractivity contribution in [3.8, 4) is 6.07 Å². The van der Waals surface area contributed by atoms with Crippen LogP contribution in [0.2, 0.25) is 0 Å². The van der Waals surface area contributed by atoms with Crippen molar-refractivity contribution in [1.29, 1.82) is 5.26 Å². The van der Waals surface area contributed by atoms with Gasteiger partial charge in [0, 0.05) is 15.1 Å². The second kappa shape index (κ2) is 6.29. The highest BCUT2D eigenvalue weighted by atomic mass is 79.9. The van der Waals surface area contributed by atoms with E-state index in [1.165, 1.54) is 11.8 Å². The number of pyridine rings is 1. The summed E-state index contributed by atoms with van der Waals surface area (Å²) in [6.07, 6.45) is 0. The molecule has 1 N–H and O–H groups in total. The van der Waals surface area contributed by atoms with E-state index in [-0.39, 0.29) is 5.56 Å². The molecule has 1 aromatic carbocycles. The topological polar surface area (TPSA) is 74.0 Å². The molecule has 0 saturated carbocycles. The lowest BCUT2D eigenvalue weighted by Gasteiger charge is -2.10. The van der Waals surface area contributed by atoms with Crippen LogP contribution in [0.4, 0.5) is 0 Å². The molecule has 0 aliphatic heterocycles. The van der Waals surface area contributed by atoms with Gasteiger partial charge in [-0.2, -0.15) is 5.26 Å². The highest BCUT2D eigenvalue weighted by molar-refractivity contribution is 9.10. The van der Waals surface area contributed by atoms with Gasteiger partial charge in [-0.05, 0) is 53.5 Å². The highest BCUT2D eigenvalue weighted by Crippen LogP contribution is 2.35. The van der Waals surface area contributed by atoms with E-state index < -0.39 is 5.97 Å². The number of hydrogen-bond acceptors (Lipinski definition) is 4. The fourth-order valence-corrected chi connectivity index (χ4v) is 3.68. The number of aromatic nitrogens is 1.